The minimum Gasteiger partial charge on any atom is -0.506 e. The van der Waals surface area contributed by atoms with Crippen molar-refractivity contribution in [3.63, 3.8) is 0 Å². The Morgan fingerprint density at radius 1 is 1.17 bits per heavy atom. The van der Waals surface area contributed by atoms with Gasteiger partial charge < -0.3 is 15.3 Å². The fourth-order valence-corrected chi connectivity index (χ4v) is 2.72. The van der Waals surface area contributed by atoms with Crippen LogP contribution in [0.1, 0.15) is 15.7 Å². The van der Waals surface area contributed by atoms with E-state index >= 15 is 0 Å². The Bertz CT molecular complexity index is 647. The van der Waals surface area contributed by atoms with Crippen molar-refractivity contribution in [1.82, 2.24) is 10.3 Å². The lowest BCUT2D eigenvalue weighted by atomic mass is 10.0. The molecule has 0 aliphatic carbocycles. The first-order chi connectivity index (χ1) is 11.2. The van der Waals surface area contributed by atoms with Crippen molar-refractivity contribution >= 4 is 17.5 Å². The standard InChI is InChI=1S/C17H20N4O2.2H2/c22-15-6-7-16(18-12-15)20-17(23)19-13-8-10-21(11-9-13)14-4-2-1-3-5-14;;/h1-7,12-13,22H,8-11H2,(H2,18,19,20,23);2*1H. The molecule has 0 spiro atoms. The number of carbonyl (C=O) groups excluding carboxylic acids is 1. The van der Waals surface area contributed by atoms with Crippen molar-refractivity contribution in [2.45, 2.75) is 18.9 Å². The highest BCUT2D eigenvalue weighted by molar-refractivity contribution is 5.88. The van der Waals surface area contributed by atoms with E-state index in [-0.39, 0.29) is 20.7 Å². The minimum absolute atomic E-state index is 0. The molecule has 1 aliphatic heterocycles. The predicted molar refractivity (Wildman–Crippen MR) is 94.0 cm³/mol. The number of aromatic hydroxyl groups is 1. The Hall–Kier alpha value is -2.76. The lowest BCUT2D eigenvalue weighted by molar-refractivity contribution is 0.246. The van der Waals surface area contributed by atoms with Gasteiger partial charge in [-0.25, -0.2) is 9.78 Å². The summed E-state index contributed by atoms with van der Waals surface area (Å²) in [6.07, 6.45) is 3.12. The summed E-state index contributed by atoms with van der Waals surface area (Å²) in [5.41, 5.74) is 1.23. The van der Waals surface area contributed by atoms with Gasteiger partial charge in [-0.05, 0) is 37.1 Å². The van der Waals surface area contributed by atoms with Gasteiger partial charge in [-0.15, -0.1) is 0 Å². The van der Waals surface area contributed by atoms with Gasteiger partial charge in [0.2, 0.25) is 0 Å². The molecule has 2 heterocycles. The zero-order chi connectivity index (χ0) is 16.1. The Morgan fingerprint density at radius 3 is 2.57 bits per heavy atom. The molecule has 0 atom stereocenters. The van der Waals surface area contributed by atoms with Crippen LogP contribution in [0.5, 0.6) is 5.75 Å². The zero-order valence-corrected chi connectivity index (χ0v) is 12.8. The lowest BCUT2D eigenvalue weighted by Crippen LogP contribution is -2.46. The van der Waals surface area contributed by atoms with E-state index in [1.54, 1.807) is 6.07 Å². The molecular formula is C17H24N4O2. The Labute approximate surface area is 138 Å². The molecule has 0 saturated carbocycles. The molecule has 1 fully saturated rings. The van der Waals surface area contributed by atoms with Gasteiger partial charge in [0.1, 0.15) is 11.6 Å². The Morgan fingerprint density at radius 2 is 1.91 bits per heavy atom. The fourth-order valence-electron chi connectivity index (χ4n) is 2.72. The highest BCUT2D eigenvalue weighted by atomic mass is 16.3. The fraction of sp³-hybridized carbons (Fsp3) is 0.294. The molecule has 2 aromatic rings. The monoisotopic (exact) mass is 316 g/mol. The summed E-state index contributed by atoms with van der Waals surface area (Å²) in [4.78, 5) is 18.2. The van der Waals surface area contributed by atoms with Gasteiger partial charge in [-0.1, -0.05) is 18.2 Å². The number of nitrogens with one attached hydrogen (secondary N) is 2. The molecule has 6 nitrogen and oxygen atoms in total. The number of piperidine rings is 1. The van der Waals surface area contributed by atoms with Crippen LogP contribution in [-0.4, -0.2) is 35.3 Å². The summed E-state index contributed by atoms with van der Waals surface area (Å²) < 4.78 is 0. The number of anilines is 2. The van der Waals surface area contributed by atoms with Crippen molar-refractivity contribution in [2.75, 3.05) is 23.3 Å². The maximum atomic E-state index is 12.0. The molecule has 6 heteroatoms. The quantitative estimate of drug-likeness (QED) is 0.813. The summed E-state index contributed by atoms with van der Waals surface area (Å²) in [5, 5.41) is 14.8. The Balaban J connectivity index is 0.00000156. The lowest BCUT2D eigenvalue weighted by Gasteiger charge is -2.33. The third kappa shape index (κ3) is 4.12. The Kier molecular flexibility index (Phi) is 4.61. The van der Waals surface area contributed by atoms with Gasteiger partial charge in [0.25, 0.3) is 0 Å². The summed E-state index contributed by atoms with van der Waals surface area (Å²) >= 11 is 0. The highest BCUT2D eigenvalue weighted by Gasteiger charge is 2.20. The van der Waals surface area contributed by atoms with E-state index in [0.29, 0.717) is 5.82 Å². The number of urea groups is 1. The third-order valence-electron chi connectivity index (χ3n) is 3.94. The number of carbonyl (C=O) groups is 1. The van der Waals surface area contributed by atoms with Gasteiger partial charge in [0.15, 0.2) is 0 Å². The van der Waals surface area contributed by atoms with Crippen LogP contribution < -0.4 is 15.5 Å². The first-order valence-corrected chi connectivity index (χ1v) is 7.73. The van der Waals surface area contributed by atoms with E-state index < -0.39 is 0 Å². The van der Waals surface area contributed by atoms with Crippen LogP contribution >= 0.6 is 0 Å². The molecule has 0 radical (unpaired) electrons. The van der Waals surface area contributed by atoms with Crippen molar-refractivity contribution < 1.29 is 12.8 Å². The second-order valence-electron chi connectivity index (χ2n) is 5.60. The van der Waals surface area contributed by atoms with Crippen molar-refractivity contribution in [1.29, 1.82) is 0 Å². The normalized spacial score (nSPS) is 15.2. The molecule has 0 bridgehead atoms. The number of rotatable bonds is 3. The second kappa shape index (κ2) is 7.00. The molecule has 3 rings (SSSR count). The highest BCUT2D eigenvalue weighted by Crippen LogP contribution is 2.19. The third-order valence-corrected chi connectivity index (χ3v) is 3.94. The van der Waals surface area contributed by atoms with E-state index in [1.807, 2.05) is 18.2 Å². The average Bonchev–Trinajstić information content (AvgIpc) is 2.58. The van der Waals surface area contributed by atoms with Crippen LogP contribution in [0.3, 0.4) is 0 Å². The molecular weight excluding hydrogens is 292 g/mol. The van der Waals surface area contributed by atoms with E-state index in [9.17, 15) is 9.90 Å². The number of benzene rings is 1. The molecule has 1 aromatic carbocycles. The number of aromatic nitrogens is 1. The maximum absolute atomic E-state index is 12.0. The number of amides is 2. The zero-order valence-electron chi connectivity index (χ0n) is 12.8. The largest absolute Gasteiger partial charge is 0.506 e. The minimum atomic E-state index is -0.263. The average molecular weight is 316 g/mol. The maximum Gasteiger partial charge on any atom is 0.320 e. The SMILES string of the molecule is O=C(Nc1ccc(O)cn1)NC1CCN(c2ccccc2)CC1.[HH].[HH]. The smallest absolute Gasteiger partial charge is 0.320 e. The number of pyridine rings is 1. The molecule has 124 valence electrons. The summed E-state index contributed by atoms with van der Waals surface area (Å²) in [6, 6.07) is 13.3. The number of nitrogens with zero attached hydrogens (tertiary/aromatic N) is 2. The van der Waals surface area contributed by atoms with E-state index in [0.717, 1.165) is 25.9 Å². The molecule has 23 heavy (non-hydrogen) atoms. The topological polar surface area (TPSA) is 77.5 Å². The number of para-hydroxylation sites is 1. The van der Waals surface area contributed by atoms with E-state index in [1.165, 1.54) is 18.0 Å². The second-order valence-corrected chi connectivity index (χ2v) is 5.60. The van der Waals surface area contributed by atoms with Gasteiger partial charge in [0, 0.05) is 27.7 Å². The van der Waals surface area contributed by atoms with Crippen LogP contribution in [0.2, 0.25) is 0 Å². The number of hydrogen-bond donors (Lipinski definition) is 3. The van der Waals surface area contributed by atoms with Crippen LogP contribution in [0.15, 0.2) is 48.7 Å². The van der Waals surface area contributed by atoms with Crippen LogP contribution in [0.25, 0.3) is 0 Å². The van der Waals surface area contributed by atoms with Gasteiger partial charge in [-0.2, -0.15) is 0 Å². The summed E-state index contributed by atoms with van der Waals surface area (Å²) in [6.45, 7) is 1.85. The predicted octanol–water partition coefficient (Wildman–Crippen LogP) is 3.07. The van der Waals surface area contributed by atoms with Gasteiger partial charge in [0.05, 0.1) is 6.20 Å². The van der Waals surface area contributed by atoms with Crippen LogP contribution in [0.4, 0.5) is 16.3 Å². The first-order valence-electron chi connectivity index (χ1n) is 7.73. The molecule has 3 N–H and O–H groups in total. The molecule has 1 aromatic heterocycles. The first kappa shape index (κ1) is 15.1. The molecule has 0 unspecified atom stereocenters. The molecule has 2 amide bonds. The van der Waals surface area contributed by atoms with Gasteiger partial charge >= 0.3 is 6.03 Å². The molecule has 1 saturated heterocycles. The van der Waals surface area contributed by atoms with Crippen molar-refractivity contribution in [3.8, 4) is 5.75 Å². The van der Waals surface area contributed by atoms with E-state index in [4.69, 9.17) is 0 Å². The van der Waals surface area contributed by atoms with E-state index in [2.05, 4.69) is 32.7 Å². The summed E-state index contributed by atoms with van der Waals surface area (Å²) in [5.74, 6) is 0.492. The van der Waals surface area contributed by atoms with Crippen LogP contribution in [0, 0.1) is 0 Å². The van der Waals surface area contributed by atoms with Crippen LogP contribution in [-0.2, 0) is 0 Å². The van der Waals surface area contributed by atoms with Crippen molar-refractivity contribution in [2.24, 2.45) is 0 Å². The number of hydrogen-bond acceptors (Lipinski definition) is 4. The molecule has 1 aliphatic rings. The van der Waals surface area contributed by atoms with Gasteiger partial charge in [-0.3, -0.25) is 5.32 Å². The summed E-state index contributed by atoms with van der Waals surface area (Å²) in [7, 11) is 0. The van der Waals surface area contributed by atoms with Crippen molar-refractivity contribution in [3.05, 3.63) is 48.7 Å².